The summed E-state index contributed by atoms with van der Waals surface area (Å²) in [4.78, 5) is 16.5. The van der Waals surface area contributed by atoms with Crippen molar-refractivity contribution in [3.63, 3.8) is 0 Å². The molecule has 0 saturated carbocycles. The fourth-order valence-electron chi connectivity index (χ4n) is 2.70. The van der Waals surface area contributed by atoms with Crippen molar-refractivity contribution in [3.8, 4) is 16.9 Å². The lowest BCUT2D eigenvalue weighted by molar-refractivity contribution is 0.261. The lowest BCUT2D eigenvalue weighted by Crippen LogP contribution is -2.19. The molecule has 24 heavy (non-hydrogen) atoms. The number of hydrogen-bond acceptors (Lipinski definition) is 3. The largest absolute Gasteiger partial charge is 0.492 e. The minimum atomic E-state index is -0.0717. The van der Waals surface area contributed by atoms with E-state index in [1.165, 1.54) is 0 Å². The molecule has 3 aromatic rings. The fourth-order valence-corrected chi connectivity index (χ4v) is 2.70. The Morgan fingerprint density at radius 2 is 1.75 bits per heavy atom. The fraction of sp³-hybridized carbons (Fsp3) is 0.250. The van der Waals surface area contributed by atoms with E-state index >= 15 is 0 Å². The number of benzene rings is 2. The van der Waals surface area contributed by atoms with Gasteiger partial charge in [-0.2, -0.15) is 0 Å². The van der Waals surface area contributed by atoms with E-state index < -0.39 is 0 Å². The maximum atomic E-state index is 11.5. The Morgan fingerprint density at radius 3 is 2.46 bits per heavy atom. The number of likely N-dealkylation sites (N-methyl/N-ethyl adjacent to an activating group) is 1. The van der Waals surface area contributed by atoms with Crippen LogP contribution in [-0.2, 0) is 0 Å². The molecule has 124 valence electrons. The van der Waals surface area contributed by atoms with E-state index in [4.69, 9.17) is 4.74 Å². The molecule has 0 aliphatic heterocycles. The standard InChI is InChI=1S/C20H22N2O2/c1-14-12-17(13-16-6-9-19(23)21-20(14)16)15-4-7-18(8-5-15)24-11-10-22(2)3/h4-9,12-13H,10-11H2,1-3H3,(H,21,23). The Kier molecular flexibility index (Phi) is 4.67. The summed E-state index contributed by atoms with van der Waals surface area (Å²) in [5.41, 5.74) is 4.15. The number of nitrogens with one attached hydrogen (secondary N) is 1. The van der Waals surface area contributed by atoms with Gasteiger partial charge in [-0.05, 0) is 73.4 Å². The van der Waals surface area contributed by atoms with Crippen molar-refractivity contribution in [1.82, 2.24) is 9.88 Å². The summed E-state index contributed by atoms with van der Waals surface area (Å²) in [6, 6.07) is 15.8. The van der Waals surface area contributed by atoms with Crippen LogP contribution in [0.4, 0.5) is 0 Å². The molecule has 1 N–H and O–H groups in total. The Morgan fingerprint density at radius 1 is 1.00 bits per heavy atom. The van der Waals surface area contributed by atoms with Crippen LogP contribution in [0.1, 0.15) is 5.56 Å². The number of fused-ring (bicyclic) bond motifs is 1. The molecule has 1 aromatic heterocycles. The van der Waals surface area contributed by atoms with Crippen LogP contribution in [0.15, 0.2) is 53.3 Å². The molecule has 2 aromatic carbocycles. The summed E-state index contributed by atoms with van der Waals surface area (Å²) in [6.07, 6.45) is 0. The van der Waals surface area contributed by atoms with Crippen molar-refractivity contribution >= 4 is 10.9 Å². The first-order valence-electron chi connectivity index (χ1n) is 8.04. The van der Waals surface area contributed by atoms with Gasteiger partial charge in [0.05, 0.1) is 5.52 Å². The first kappa shape index (κ1) is 16.3. The van der Waals surface area contributed by atoms with Crippen molar-refractivity contribution < 1.29 is 4.74 Å². The monoisotopic (exact) mass is 322 g/mol. The average molecular weight is 322 g/mol. The molecule has 0 aliphatic carbocycles. The zero-order valence-corrected chi connectivity index (χ0v) is 14.3. The summed E-state index contributed by atoms with van der Waals surface area (Å²) in [5, 5.41) is 1.04. The van der Waals surface area contributed by atoms with Crippen molar-refractivity contribution in [1.29, 1.82) is 0 Å². The van der Waals surface area contributed by atoms with E-state index in [0.29, 0.717) is 6.61 Å². The third-order valence-corrected chi connectivity index (χ3v) is 4.02. The van der Waals surface area contributed by atoms with Gasteiger partial charge in [-0.15, -0.1) is 0 Å². The highest BCUT2D eigenvalue weighted by molar-refractivity contribution is 5.87. The van der Waals surface area contributed by atoms with Gasteiger partial charge < -0.3 is 14.6 Å². The lowest BCUT2D eigenvalue weighted by atomic mass is 10.00. The molecule has 0 amide bonds. The van der Waals surface area contributed by atoms with Gasteiger partial charge in [0.25, 0.3) is 0 Å². The van der Waals surface area contributed by atoms with Gasteiger partial charge in [0.15, 0.2) is 0 Å². The molecule has 0 bridgehead atoms. The van der Waals surface area contributed by atoms with Crippen molar-refractivity contribution in [2.24, 2.45) is 0 Å². The number of ether oxygens (including phenoxy) is 1. The number of H-pyrrole nitrogens is 1. The molecule has 0 fully saturated rings. The van der Waals surface area contributed by atoms with Crippen molar-refractivity contribution in [2.75, 3.05) is 27.2 Å². The van der Waals surface area contributed by atoms with Gasteiger partial charge in [0.1, 0.15) is 12.4 Å². The van der Waals surface area contributed by atoms with Crippen LogP contribution in [0.5, 0.6) is 5.75 Å². The Balaban J connectivity index is 1.85. The van der Waals surface area contributed by atoms with E-state index in [-0.39, 0.29) is 5.56 Å². The summed E-state index contributed by atoms with van der Waals surface area (Å²) in [5.74, 6) is 0.877. The third-order valence-electron chi connectivity index (χ3n) is 4.02. The van der Waals surface area contributed by atoms with E-state index in [2.05, 4.69) is 34.1 Å². The predicted octanol–water partition coefficient (Wildman–Crippen LogP) is 3.44. The second-order valence-corrected chi connectivity index (χ2v) is 6.26. The number of aryl methyl sites for hydroxylation is 1. The van der Waals surface area contributed by atoms with Crippen LogP contribution in [0.25, 0.3) is 22.0 Å². The highest BCUT2D eigenvalue weighted by Gasteiger charge is 2.05. The number of pyridine rings is 1. The topological polar surface area (TPSA) is 45.3 Å². The van der Waals surface area contributed by atoms with Gasteiger partial charge in [0.2, 0.25) is 5.56 Å². The molecule has 1 heterocycles. The molecule has 0 spiro atoms. The third kappa shape index (κ3) is 3.66. The van der Waals surface area contributed by atoms with Gasteiger partial charge in [-0.1, -0.05) is 12.1 Å². The van der Waals surface area contributed by atoms with Crippen LogP contribution < -0.4 is 10.3 Å². The Bertz CT molecular complexity index is 896. The first-order chi connectivity index (χ1) is 11.5. The van der Waals surface area contributed by atoms with Gasteiger partial charge >= 0.3 is 0 Å². The van der Waals surface area contributed by atoms with Crippen LogP contribution in [0.2, 0.25) is 0 Å². The van der Waals surface area contributed by atoms with Gasteiger partial charge in [0, 0.05) is 12.6 Å². The smallest absolute Gasteiger partial charge is 0.248 e. The van der Waals surface area contributed by atoms with Crippen LogP contribution in [0, 0.1) is 6.92 Å². The van der Waals surface area contributed by atoms with Crippen molar-refractivity contribution in [3.05, 3.63) is 64.4 Å². The number of rotatable bonds is 5. The highest BCUT2D eigenvalue weighted by atomic mass is 16.5. The minimum absolute atomic E-state index is 0.0717. The molecule has 4 nitrogen and oxygen atoms in total. The molecule has 0 unspecified atom stereocenters. The molecule has 4 heteroatoms. The van der Waals surface area contributed by atoms with Crippen LogP contribution in [0.3, 0.4) is 0 Å². The summed E-state index contributed by atoms with van der Waals surface area (Å²) in [7, 11) is 4.06. The summed E-state index contributed by atoms with van der Waals surface area (Å²) in [6.45, 7) is 3.58. The first-order valence-corrected chi connectivity index (χ1v) is 8.04. The van der Waals surface area contributed by atoms with E-state index in [0.717, 1.165) is 39.9 Å². The quantitative estimate of drug-likeness (QED) is 0.782. The number of nitrogens with zero attached hydrogens (tertiary/aromatic N) is 1. The van der Waals surface area contributed by atoms with Gasteiger partial charge in [-0.25, -0.2) is 0 Å². The molecule has 0 radical (unpaired) electrons. The van der Waals surface area contributed by atoms with Crippen molar-refractivity contribution in [2.45, 2.75) is 6.92 Å². The summed E-state index contributed by atoms with van der Waals surface area (Å²) >= 11 is 0. The SMILES string of the molecule is Cc1cc(-c2ccc(OCCN(C)C)cc2)cc2ccc(=O)[nH]c12. The van der Waals surface area contributed by atoms with Crippen LogP contribution in [-0.4, -0.2) is 37.1 Å². The maximum Gasteiger partial charge on any atom is 0.248 e. The van der Waals surface area contributed by atoms with E-state index in [9.17, 15) is 4.79 Å². The predicted molar refractivity (Wildman–Crippen MR) is 98.8 cm³/mol. The molecule has 0 aliphatic rings. The van der Waals surface area contributed by atoms with Crippen LogP contribution >= 0.6 is 0 Å². The number of aromatic amines is 1. The molecule has 0 atom stereocenters. The highest BCUT2D eigenvalue weighted by Crippen LogP contribution is 2.27. The number of aromatic nitrogens is 1. The molecule has 0 saturated heterocycles. The van der Waals surface area contributed by atoms with E-state index in [1.54, 1.807) is 6.07 Å². The normalized spacial score (nSPS) is 11.2. The zero-order valence-electron chi connectivity index (χ0n) is 14.3. The van der Waals surface area contributed by atoms with E-state index in [1.807, 2.05) is 39.2 Å². The second kappa shape index (κ2) is 6.89. The molecular weight excluding hydrogens is 300 g/mol. The minimum Gasteiger partial charge on any atom is -0.492 e. The number of hydrogen-bond donors (Lipinski definition) is 1. The lowest BCUT2D eigenvalue weighted by Gasteiger charge is -2.12. The Hall–Kier alpha value is -2.59. The van der Waals surface area contributed by atoms with Gasteiger partial charge in [-0.3, -0.25) is 4.79 Å². The zero-order chi connectivity index (χ0) is 17.1. The summed E-state index contributed by atoms with van der Waals surface area (Å²) < 4.78 is 5.73. The molecule has 3 rings (SSSR count). The average Bonchev–Trinajstić information content (AvgIpc) is 2.56. The maximum absolute atomic E-state index is 11.5. The Labute approximate surface area is 141 Å². The second-order valence-electron chi connectivity index (χ2n) is 6.26. The molecular formula is C20H22N2O2.